The van der Waals surface area contributed by atoms with E-state index in [0.717, 1.165) is 11.1 Å². The summed E-state index contributed by atoms with van der Waals surface area (Å²) in [7, 11) is -1.15. The minimum absolute atomic E-state index is 0.113. The van der Waals surface area contributed by atoms with Crippen LogP contribution in [0.2, 0.25) is 0 Å². The fraction of sp³-hybridized carbons (Fsp3) is 0.400. The second-order valence-electron chi connectivity index (χ2n) is 16.4. The van der Waals surface area contributed by atoms with Gasteiger partial charge in [0, 0.05) is 23.5 Å². The molecule has 4 nitrogen and oxygen atoms in total. The van der Waals surface area contributed by atoms with Gasteiger partial charge in [-0.3, -0.25) is 10.2 Å². The molecule has 0 atom stereocenters. The molecular weight excluding hydrogens is 598 g/mol. The van der Waals surface area contributed by atoms with E-state index in [2.05, 4.69) is 164 Å². The predicted molar refractivity (Wildman–Crippen MR) is 205 cm³/mol. The molecule has 3 aromatic carbocycles. The first-order valence-electron chi connectivity index (χ1n) is 16.3. The third-order valence-corrected chi connectivity index (χ3v) is 15.4. The normalized spacial score (nSPS) is 13.2. The average molecular weight is 651 g/mol. The second kappa shape index (κ2) is 12.5. The van der Waals surface area contributed by atoms with Gasteiger partial charge in [0.15, 0.2) is 0 Å². The van der Waals surface area contributed by atoms with Crippen molar-refractivity contribution < 1.29 is 0 Å². The van der Waals surface area contributed by atoms with E-state index in [1.165, 1.54) is 44.0 Å². The van der Waals surface area contributed by atoms with Crippen LogP contribution in [0.15, 0.2) is 85.5 Å². The van der Waals surface area contributed by atoms with Crippen molar-refractivity contribution in [2.75, 3.05) is 0 Å². The Balaban J connectivity index is 1.84. The number of aromatic amines is 2. The largest absolute Gasteiger partial charge is 0.285 e. The number of benzene rings is 3. The summed E-state index contributed by atoms with van der Waals surface area (Å²) < 4.78 is 0. The Morgan fingerprint density at radius 3 is 0.935 bits per heavy atom. The Morgan fingerprint density at radius 2 is 0.696 bits per heavy atom. The van der Waals surface area contributed by atoms with Crippen molar-refractivity contribution in [3.05, 3.63) is 85.5 Å². The maximum Gasteiger partial charge on any atom is 0.0565 e. The van der Waals surface area contributed by atoms with Gasteiger partial charge in [0.1, 0.15) is 0 Å². The molecule has 0 bridgehead atoms. The molecule has 46 heavy (non-hydrogen) atoms. The van der Waals surface area contributed by atoms with E-state index in [0.29, 0.717) is 0 Å². The molecule has 6 heteroatoms. The molecule has 0 radical (unpaired) electrons. The Kier molecular flexibility index (Phi) is 9.33. The van der Waals surface area contributed by atoms with Crippen LogP contribution in [-0.4, -0.2) is 41.0 Å². The number of nitrogens with one attached hydrogen (secondary N) is 2. The van der Waals surface area contributed by atoms with Crippen molar-refractivity contribution in [2.45, 2.75) is 104 Å². The molecule has 5 rings (SSSR count). The van der Waals surface area contributed by atoms with Gasteiger partial charge in [0.2, 0.25) is 0 Å². The van der Waals surface area contributed by atoms with Gasteiger partial charge in [-0.2, -0.15) is 10.2 Å². The standard InChI is InChI=1S/C40H52N4P2/c1-37(2,3)45(38(4,5)6)35-21-34(30-19-15-28(16-20-30)32-25-43-44-26-32)36(46(39(7,8)9)40(10,11)12)22-33(35)29-17-13-27(14-18-29)31-23-41-42-24-31/h13-26H,1-12H3,(H,41,42)(H,43,44). The van der Waals surface area contributed by atoms with Gasteiger partial charge in [-0.05, 0) is 76.7 Å². The number of H-pyrrole nitrogens is 2. The Bertz CT molecular complexity index is 1580. The van der Waals surface area contributed by atoms with Crippen LogP contribution in [0.4, 0.5) is 0 Å². The third kappa shape index (κ3) is 7.25. The van der Waals surface area contributed by atoms with Crippen molar-refractivity contribution in [3.63, 3.8) is 0 Å². The first-order valence-corrected chi connectivity index (χ1v) is 19.0. The van der Waals surface area contributed by atoms with Crippen LogP contribution in [-0.2, 0) is 0 Å². The zero-order valence-electron chi connectivity index (χ0n) is 29.9. The van der Waals surface area contributed by atoms with E-state index < -0.39 is 15.8 Å². The molecule has 0 aliphatic heterocycles. The van der Waals surface area contributed by atoms with E-state index in [1.54, 1.807) is 0 Å². The van der Waals surface area contributed by atoms with Gasteiger partial charge < -0.3 is 0 Å². The molecule has 0 aliphatic rings. The molecule has 0 saturated carbocycles. The van der Waals surface area contributed by atoms with Crippen molar-refractivity contribution in [1.82, 2.24) is 20.4 Å². The SMILES string of the molecule is CC(C)(C)P(c1cc(-c2ccc(-c3cn[nH]c3)cc2)c(P(C(C)(C)C)C(C)(C)C)cc1-c1ccc(-c2cn[nH]c2)cc1)C(C)(C)C. The highest BCUT2D eigenvalue weighted by Crippen LogP contribution is 2.62. The van der Waals surface area contributed by atoms with E-state index in [4.69, 9.17) is 0 Å². The third-order valence-electron chi connectivity index (χ3n) is 8.33. The highest BCUT2D eigenvalue weighted by molar-refractivity contribution is 7.69. The van der Waals surface area contributed by atoms with Gasteiger partial charge in [-0.25, -0.2) is 0 Å². The van der Waals surface area contributed by atoms with Crippen LogP contribution >= 0.6 is 15.8 Å². The zero-order valence-corrected chi connectivity index (χ0v) is 31.7. The summed E-state index contributed by atoms with van der Waals surface area (Å²) in [5.41, 5.74) is 9.89. The number of aromatic nitrogens is 4. The van der Waals surface area contributed by atoms with Gasteiger partial charge >= 0.3 is 0 Å². The number of hydrogen-bond donors (Lipinski definition) is 2. The molecule has 5 aromatic rings. The lowest BCUT2D eigenvalue weighted by Gasteiger charge is -2.45. The first kappa shape index (κ1) is 34.3. The second-order valence-corrected chi connectivity index (χ2v) is 24.0. The summed E-state index contributed by atoms with van der Waals surface area (Å²) in [5, 5.41) is 17.7. The van der Waals surface area contributed by atoms with Crippen molar-refractivity contribution in [1.29, 1.82) is 0 Å². The van der Waals surface area contributed by atoms with Gasteiger partial charge in [-0.15, -0.1) is 0 Å². The quantitative estimate of drug-likeness (QED) is 0.180. The number of hydrogen-bond acceptors (Lipinski definition) is 2. The van der Waals surface area contributed by atoms with Crippen LogP contribution in [0.25, 0.3) is 44.5 Å². The molecule has 0 spiro atoms. The van der Waals surface area contributed by atoms with Crippen LogP contribution in [0.3, 0.4) is 0 Å². The predicted octanol–water partition coefficient (Wildman–Crippen LogP) is 11.2. The maximum absolute atomic E-state index is 4.18. The molecule has 0 saturated heterocycles. The first-order chi connectivity index (χ1) is 21.4. The highest BCUT2D eigenvalue weighted by Gasteiger charge is 2.41. The van der Waals surface area contributed by atoms with Crippen LogP contribution < -0.4 is 10.6 Å². The summed E-state index contributed by atoms with van der Waals surface area (Å²) in [4.78, 5) is 0. The fourth-order valence-electron chi connectivity index (χ4n) is 7.37. The lowest BCUT2D eigenvalue weighted by molar-refractivity contribution is 0.713. The monoisotopic (exact) mass is 650 g/mol. The van der Waals surface area contributed by atoms with E-state index >= 15 is 0 Å². The van der Waals surface area contributed by atoms with Gasteiger partial charge in [0.05, 0.1) is 12.4 Å². The highest BCUT2D eigenvalue weighted by atomic mass is 31.1. The van der Waals surface area contributed by atoms with E-state index in [1.807, 2.05) is 24.8 Å². The topological polar surface area (TPSA) is 57.4 Å². The minimum atomic E-state index is -0.577. The lowest BCUT2D eigenvalue weighted by atomic mass is 9.97. The van der Waals surface area contributed by atoms with E-state index in [9.17, 15) is 0 Å². The van der Waals surface area contributed by atoms with Crippen molar-refractivity contribution in [3.8, 4) is 44.5 Å². The molecule has 0 unspecified atom stereocenters. The van der Waals surface area contributed by atoms with Crippen molar-refractivity contribution >= 4 is 26.5 Å². The summed E-state index contributed by atoms with van der Waals surface area (Å²) in [5.74, 6) is 0. The molecule has 2 heterocycles. The van der Waals surface area contributed by atoms with E-state index in [-0.39, 0.29) is 20.6 Å². The van der Waals surface area contributed by atoms with Crippen molar-refractivity contribution in [2.24, 2.45) is 0 Å². The molecule has 0 aliphatic carbocycles. The molecule has 242 valence electrons. The lowest BCUT2D eigenvalue weighted by Crippen LogP contribution is -2.35. The molecular formula is C40H52N4P2. The van der Waals surface area contributed by atoms with Crippen LogP contribution in [0.1, 0.15) is 83.1 Å². The number of nitrogens with zero attached hydrogens (tertiary/aromatic N) is 2. The number of rotatable bonds is 6. The van der Waals surface area contributed by atoms with Gasteiger partial charge in [-0.1, -0.05) is 147 Å². The summed E-state index contributed by atoms with van der Waals surface area (Å²) >= 11 is 0. The summed E-state index contributed by atoms with van der Waals surface area (Å²) in [6.07, 6.45) is 7.71. The van der Waals surface area contributed by atoms with Gasteiger partial charge in [0.25, 0.3) is 0 Å². The maximum atomic E-state index is 4.18. The Morgan fingerprint density at radius 1 is 0.413 bits per heavy atom. The molecule has 0 amide bonds. The van der Waals surface area contributed by atoms with Crippen LogP contribution in [0, 0.1) is 0 Å². The summed E-state index contributed by atoms with van der Waals surface area (Å²) in [6.45, 7) is 29.2. The average Bonchev–Trinajstić information content (AvgIpc) is 3.66. The fourth-order valence-corrected chi connectivity index (χ4v) is 15.7. The molecule has 0 fully saturated rings. The minimum Gasteiger partial charge on any atom is -0.285 e. The zero-order chi connectivity index (χ0) is 33.7. The Hall–Kier alpha value is -3.06. The summed E-state index contributed by atoms with van der Waals surface area (Å²) in [6, 6.07) is 23.5. The molecule has 2 aromatic heterocycles. The smallest absolute Gasteiger partial charge is 0.0565 e. The van der Waals surface area contributed by atoms with Crippen LogP contribution in [0.5, 0.6) is 0 Å². The Labute approximate surface area is 279 Å². The molecule has 2 N–H and O–H groups in total.